The van der Waals surface area contributed by atoms with Gasteiger partial charge in [-0.25, -0.2) is 9.97 Å². The van der Waals surface area contributed by atoms with E-state index in [4.69, 9.17) is 5.26 Å². The Kier molecular flexibility index (Phi) is 2.32. The van der Waals surface area contributed by atoms with E-state index in [-0.39, 0.29) is 5.54 Å². The fraction of sp³-hybridized carbons (Fsp3) is 0.667. The lowest BCUT2D eigenvalue weighted by Crippen LogP contribution is -2.55. The van der Waals surface area contributed by atoms with Gasteiger partial charge in [0.05, 0.1) is 0 Å². The number of anilines is 1. The van der Waals surface area contributed by atoms with Crippen LogP contribution in [0.25, 0.3) is 0 Å². The Morgan fingerprint density at radius 3 is 2.37 bits per heavy atom. The summed E-state index contributed by atoms with van der Waals surface area (Å²) in [6.07, 6.45) is 9.76. The van der Waals surface area contributed by atoms with E-state index in [0.717, 1.165) is 17.8 Å². The minimum Gasteiger partial charge on any atom is -0.349 e. The zero-order chi connectivity index (χ0) is 12.9. The van der Waals surface area contributed by atoms with Crippen LogP contribution in [0.4, 0.5) is 5.95 Å². The highest BCUT2D eigenvalue weighted by molar-refractivity contribution is 5.34. The number of nitrogens with one attached hydrogen (secondary N) is 1. The first-order valence-corrected chi connectivity index (χ1v) is 7.26. The van der Waals surface area contributed by atoms with Gasteiger partial charge >= 0.3 is 0 Å². The van der Waals surface area contributed by atoms with Crippen LogP contribution in [0.5, 0.6) is 0 Å². The molecule has 0 radical (unpaired) electrons. The fourth-order valence-electron chi connectivity index (χ4n) is 4.98. The van der Waals surface area contributed by atoms with E-state index in [0.29, 0.717) is 11.6 Å². The van der Waals surface area contributed by atoms with Crippen LogP contribution in [0.2, 0.25) is 0 Å². The molecule has 0 saturated heterocycles. The summed E-state index contributed by atoms with van der Waals surface area (Å²) in [4.78, 5) is 8.57. The average molecular weight is 254 g/mol. The van der Waals surface area contributed by atoms with E-state index < -0.39 is 0 Å². The summed E-state index contributed by atoms with van der Waals surface area (Å²) in [6.45, 7) is 0. The van der Waals surface area contributed by atoms with Crippen LogP contribution >= 0.6 is 0 Å². The van der Waals surface area contributed by atoms with E-state index in [1.165, 1.54) is 38.5 Å². The van der Waals surface area contributed by atoms with Gasteiger partial charge in [0.1, 0.15) is 11.8 Å². The molecule has 1 N–H and O–H groups in total. The van der Waals surface area contributed by atoms with Crippen molar-refractivity contribution in [2.24, 2.45) is 17.8 Å². The Morgan fingerprint density at radius 2 is 1.79 bits per heavy atom. The van der Waals surface area contributed by atoms with Gasteiger partial charge in [-0.1, -0.05) is 0 Å². The highest BCUT2D eigenvalue weighted by atomic mass is 15.1. The van der Waals surface area contributed by atoms with Crippen LogP contribution in [0, 0.1) is 29.1 Å². The summed E-state index contributed by atoms with van der Waals surface area (Å²) in [5, 5.41) is 12.5. The van der Waals surface area contributed by atoms with E-state index in [2.05, 4.69) is 21.4 Å². The number of nitriles is 1. The van der Waals surface area contributed by atoms with Crippen molar-refractivity contribution in [2.45, 2.75) is 44.1 Å². The molecular weight excluding hydrogens is 236 g/mol. The van der Waals surface area contributed by atoms with Crippen LogP contribution in [-0.4, -0.2) is 15.5 Å². The van der Waals surface area contributed by atoms with Crippen molar-refractivity contribution in [3.63, 3.8) is 0 Å². The van der Waals surface area contributed by atoms with Gasteiger partial charge < -0.3 is 5.32 Å². The minimum atomic E-state index is 0.211. The van der Waals surface area contributed by atoms with Crippen molar-refractivity contribution in [3.8, 4) is 6.07 Å². The molecule has 4 saturated carbocycles. The quantitative estimate of drug-likeness (QED) is 0.881. The lowest BCUT2D eigenvalue weighted by Gasteiger charge is -2.56. The Balaban J connectivity index is 1.60. The molecule has 19 heavy (non-hydrogen) atoms. The summed E-state index contributed by atoms with van der Waals surface area (Å²) >= 11 is 0. The molecule has 1 aromatic rings. The molecular formula is C15H18N4. The maximum Gasteiger partial charge on any atom is 0.224 e. The Hall–Kier alpha value is -1.63. The summed E-state index contributed by atoms with van der Waals surface area (Å²) in [6, 6.07) is 3.74. The Morgan fingerprint density at radius 1 is 1.16 bits per heavy atom. The number of aromatic nitrogens is 2. The van der Waals surface area contributed by atoms with Crippen LogP contribution < -0.4 is 5.32 Å². The van der Waals surface area contributed by atoms with Crippen LogP contribution in [-0.2, 0) is 0 Å². The topological polar surface area (TPSA) is 61.6 Å². The highest BCUT2D eigenvalue weighted by Gasteiger charge is 2.51. The minimum absolute atomic E-state index is 0.211. The SMILES string of the molecule is N#Cc1ccnc(NC23CC4CC(CC(C4)C2)C3)n1. The van der Waals surface area contributed by atoms with Gasteiger partial charge in [0.15, 0.2) is 0 Å². The van der Waals surface area contributed by atoms with E-state index >= 15 is 0 Å². The van der Waals surface area contributed by atoms with Crippen LogP contribution in [0.3, 0.4) is 0 Å². The number of hydrogen-bond acceptors (Lipinski definition) is 4. The fourth-order valence-corrected chi connectivity index (χ4v) is 4.98. The van der Waals surface area contributed by atoms with Gasteiger partial charge in [-0.15, -0.1) is 0 Å². The summed E-state index contributed by atoms with van der Waals surface area (Å²) < 4.78 is 0. The molecule has 1 aromatic heterocycles. The molecule has 0 aliphatic heterocycles. The molecule has 0 unspecified atom stereocenters. The number of rotatable bonds is 2. The third kappa shape index (κ3) is 1.88. The molecule has 0 aromatic carbocycles. The van der Waals surface area contributed by atoms with E-state index in [1.807, 2.05) is 0 Å². The number of nitrogens with zero attached hydrogens (tertiary/aromatic N) is 3. The Labute approximate surface area is 113 Å². The second-order valence-corrected chi connectivity index (χ2v) is 6.70. The van der Waals surface area contributed by atoms with Crippen LogP contribution in [0.1, 0.15) is 44.2 Å². The maximum absolute atomic E-state index is 8.92. The van der Waals surface area contributed by atoms with Gasteiger partial charge in [0.2, 0.25) is 5.95 Å². The van der Waals surface area contributed by atoms with Crippen molar-refractivity contribution in [1.29, 1.82) is 5.26 Å². The molecule has 0 atom stereocenters. The van der Waals surface area contributed by atoms with E-state index in [1.54, 1.807) is 12.3 Å². The monoisotopic (exact) mass is 254 g/mol. The Bertz CT molecular complexity index is 510. The summed E-state index contributed by atoms with van der Waals surface area (Å²) in [5.41, 5.74) is 0.658. The van der Waals surface area contributed by atoms with Crippen molar-refractivity contribution in [2.75, 3.05) is 5.32 Å². The maximum atomic E-state index is 8.92. The lowest BCUT2D eigenvalue weighted by molar-refractivity contribution is 0.0103. The first kappa shape index (κ1) is 11.2. The predicted molar refractivity (Wildman–Crippen MR) is 71.3 cm³/mol. The van der Waals surface area contributed by atoms with E-state index in [9.17, 15) is 0 Å². The molecule has 4 heteroatoms. The molecule has 4 aliphatic rings. The largest absolute Gasteiger partial charge is 0.349 e. The van der Waals surface area contributed by atoms with Gasteiger partial charge in [-0.3, -0.25) is 0 Å². The second kappa shape index (κ2) is 3.93. The molecule has 4 aliphatic carbocycles. The van der Waals surface area contributed by atoms with Crippen LogP contribution in [0.15, 0.2) is 12.3 Å². The average Bonchev–Trinajstić information content (AvgIpc) is 2.36. The molecule has 0 amide bonds. The van der Waals surface area contributed by atoms with Crippen molar-refractivity contribution in [3.05, 3.63) is 18.0 Å². The predicted octanol–water partition coefficient (Wildman–Crippen LogP) is 2.73. The standard InChI is InChI=1S/C15H18N4/c16-9-13-1-2-17-14(18-13)19-15-6-10-3-11(7-15)5-12(4-10)8-15/h1-2,10-12H,3-8H2,(H,17,18,19). The van der Waals surface area contributed by atoms with Gasteiger partial charge in [-0.05, 0) is 62.3 Å². The molecule has 5 rings (SSSR count). The molecule has 4 bridgehead atoms. The summed E-state index contributed by atoms with van der Waals surface area (Å²) in [7, 11) is 0. The normalized spacial score (nSPS) is 39.0. The first-order chi connectivity index (χ1) is 9.25. The highest BCUT2D eigenvalue weighted by Crippen LogP contribution is 2.56. The molecule has 4 nitrogen and oxygen atoms in total. The van der Waals surface area contributed by atoms with Gasteiger partial charge in [0, 0.05) is 11.7 Å². The number of hydrogen-bond donors (Lipinski definition) is 1. The summed E-state index contributed by atoms with van der Waals surface area (Å²) in [5.74, 6) is 3.34. The van der Waals surface area contributed by atoms with Gasteiger partial charge in [-0.2, -0.15) is 5.26 Å². The first-order valence-electron chi connectivity index (χ1n) is 7.26. The van der Waals surface area contributed by atoms with Gasteiger partial charge in [0.25, 0.3) is 0 Å². The molecule has 1 heterocycles. The third-order valence-corrected chi connectivity index (χ3v) is 5.19. The van der Waals surface area contributed by atoms with Crippen molar-refractivity contribution in [1.82, 2.24) is 9.97 Å². The third-order valence-electron chi connectivity index (χ3n) is 5.19. The van der Waals surface area contributed by atoms with Crippen molar-refractivity contribution >= 4 is 5.95 Å². The lowest BCUT2D eigenvalue weighted by atomic mass is 9.53. The zero-order valence-electron chi connectivity index (χ0n) is 11.0. The second-order valence-electron chi connectivity index (χ2n) is 6.70. The molecule has 4 fully saturated rings. The molecule has 98 valence electrons. The smallest absolute Gasteiger partial charge is 0.224 e. The molecule has 0 spiro atoms. The van der Waals surface area contributed by atoms with Crippen molar-refractivity contribution < 1.29 is 0 Å². The zero-order valence-corrected chi connectivity index (χ0v) is 11.0.